The van der Waals surface area contributed by atoms with Gasteiger partial charge < -0.3 is 19.7 Å². The minimum Gasteiger partial charge on any atom is -0.490 e. The summed E-state index contributed by atoms with van der Waals surface area (Å²) in [6.45, 7) is 6.56. The molecule has 2 aliphatic heterocycles. The average molecular weight is 743 g/mol. The number of halogens is 5. The third kappa shape index (κ3) is 8.01. The molecule has 2 saturated heterocycles. The fraction of sp³-hybridized carbons (Fsp3) is 0.839. The normalized spacial score (nSPS) is 34.9. The molecule has 18 heteroatoms. The second-order valence-electron chi connectivity index (χ2n) is 14.1. The standard InChI is InChI=1S/C31H47F5N6O5S2/c1-15-12-23(41-40-15)37-28-27(46-5)29(42-10-8-17(9-11-42)47-16(2)43)39-30(38-28)48-22-7-6-18(13-19(22)32)49(44,45)31(3,4)24-25(35)20(33)14-21(34)26(24)36/h15,17-26,40-41H,6-14H2,1-5H3,(H,37,38,39). The van der Waals surface area contributed by atoms with Crippen molar-refractivity contribution in [2.45, 2.75) is 142 Å². The molecule has 4 aliphatic rings. The summed E-state index contributed by atoms with van der Waals surface area (Å²) in [5.41, 5.74) is 6.29. The van der Waals surface area contributed by atoms with E-state index in [2.05, 4.69) is 21.2 Å². The molecule has 0 amide bonds. The highest BCUT2D eigenvalue weighted by atomic mass is 32.2. The van der Waals surface area contributed by atoms with Gasteiger partial charge in [0.05, 0.1) is 23.3 Å². The first-order chi connectivity index (χ1) is 23.0. The van der Waals surface area contributed by atoms with E-state index in [1.165, 1.54) is 14.0 Å². The van der Waals surface area contributed by atoms with Crippen molar-refractivity contribution in [1.82, 2.24) is 20.8 Å². The molecule has 2 aliphatic carbocycles. The highest BCUT2D eigenvalue weighted by Crippen LogP contribution is 2.47. The summed E-state index contributed by atoms with van der Waals surface area (Å²) >= 11 is 1.06. The monoisotopic (exact) mass is 742 g/mol. The zero-order valence-corrected chi connectivity index (χ0v) is 29.9. The van der Waals surface area contributed by atoms with Gasteiger partial charge >= 0.3 is 5.97 Å². The largest absolute Gasteiger partial charge is 0.490 e. The lowest BCUT2D eigenvalue weighted by Gasteiger charge is -2.45. The van der Waals surface area contributed by atoms with E-state index in [9.17, 15) is 30.8 Å². The molecule has 9 unspecified atom stereocenters. The number of carbonyl (C=O) groups excluding carboxylic acids is 1. The molecular formula is C31H47F5N6O5S2. The lowest BCUT2D eigenvalue weighted by Crippen LogP contribution is -2.59. The number of hydrogen-bond donors (Lipinski definition) is 3. The number of piperidine rings is 1. The van der Waals surface area contributed by atoms with E-state index in [0.717, 1.165) is 32.0 Å². The SMILES string of the molecule is COc1c(NC2CC(C)NN2)nc(SC2CCC(S(=O)(=O)C(C)(C)C3C(F)C(F)CC(F)C3F)CC2F)nc1N1CCC(OC(C)=O)CC1. The Labute approximate surface area is 288 Å². The first kappa shape index (κ1) is 38.1. The highest BCUT2D eigenvalue weighted by Gasteiger charge is 2.59. The summed E-state index contributed by atoms with van der Waals surface area (Å²) in [4.78, 5) is 22.9. The molecule has 0 spiro atoms. The Morgan fingerprint density at radius 3 is 2.16 bits per heavy atom. The Morgan fingerprint density at radius 2 is 1.61 bits per heavy atom. The number of nitrogens with one attached hydrogen (secondary N) is 3. The van der Waals surface area contributed by atoms with Gasteiger partial charge in [-0.1, -0.05) is 11.8 Å². The van der Waals surface area contributed by atoms with Crippen LogP contribution >= 0.6 is 11.8 Å². The minimum absolute atomic E-state index is 0.0179. The maximum Gasteiger partial charge on any atom is 0.302 e. The van der Waals surface area contributed by atoms with Crippen molar-refractivity contribution >= 4 is 39.2 Å². The molecule has 4 fully saturated rings. The number of methoxy groups -OCH3 is 1. The summed E-state index contributed by atoms with van der Waals surface area (Å²) in [5, 5.41) is 1.53. The molecule has 5 rings (SSSR count). The highest BCUT2D eigenvalue weighted by molar-refractivity contribution is 7.99. The maximum atomic E-state index is 15.9. The van der Waals surface area contributed by atoms with E-state index < -0.39 is 74.7 Å². The molecule has 3 heterocycles. The minimum atomic E-state index is -4.44. The van der Waals surface area contributed by atoms with E-state index >= 15 is 4.39 Å². The van der Waals surface area contributed by atoms with E-state index in [-0.39, 0.29) is 42.3 Å². The summed E-state index contributed by atoms with van der Waals surface area (Å²) in [6, 6.07) is 0.184. The number of alkyl halides is 5. The van der Waals surface area contributed by atoms with Gasteiger partial charge in [0.25, 0.3) is 0 Å². The fourth-order valence-electron chi connectivity index (χ4n) is 7.45. The summed E-state index contributed by atoms with van der Waals surface area (Å²) in [5.74, 6) is -1.18. The number of anilines is 2. The van der Waals surface area contributed by atoms with E-state index in [1.807, 2.05) is 11.8 Å². The molecule has 11 nitrogen and oxygen atoms in total. The molecule has 1 aromatic rings. The predicted molar refractivity (Wildman–Crippen MR) is 176 cm³/mol. The van der Waals surface area contributed by atoms with Gasteiger partial charge in [0.1, 0.15) is 37.0 Å². The predicted octanol–water partition coefficient (Wildman–Crippen LogP) is 4.56. The van der Waals surface area contributed by atoms with Crippen molar-refractivity contribution in [2.75, 3.05) is 30.4 Å². The number of hydrogen-bond acceptors (Lipinski definition) is 12. The van der Waals surface area contributed by atoms with Crippen LogP contribution in [0.2, 0.25) is 0 Å². The van der Waals surface area contributed by atoms with Crippen molar-refractivity contribution < 1.29 is 44.6 Å². The number of esters is 1. The summed E-state index contributed by atoms with van der Waals surface area (Å²) < 4.78 is 111. The first-order valence-electron chi connectivity index (χ1n) is 16.8. The van der Waals surface area contributed by atoms with Crippen molar-refractivity contribution in [1.29, 1.82) is 0 Å². The van der Waals surface area contributed by atoms with Crippen LogP contribution in [0.25, 0.3) is 0 Å². The van der Waals surface area contributed by atoms with Gasteiger partial charge in [-0.25, -0.2) is 45.8 Å². The van der Waals surface area contributed by atoms with Gasteiger partial charge in [0.2, 0.25) is 5.75 Å². The lowest BCUT2D eigenvalue weighted by molar-refractivity contribution is -0.147. The smallest absolute Gasteiger partial charge is 0.302 e. The van der Waals surface area contributed by atoms with Crippen LogP contribution in [0.4, 0.5) is 33.6 Å². The lowest BCUT2D eigenvalue weighted by atomic mass is 9.76. The Hall–Kier alpha value is -2.18. The van der Waals surface area contributed by atoms with Crippen LogP contribution in [0.1, 0.15) is 72.6 Å². The average Bonchev–Trinajstić information content (AvgIpc) is 3.45. The van der Waals surface area contributed by atoms with E-state index in [1.54, 1.807) is 0 Å². The molecule has 278 valence electrons. The van der Waals surface area contributed by atoms with Crippen molar-refractivity contribution in [3.8, 4) is 5.75 Å². The fourth-order valence-corrected chi connectivity index (χ4v) is 10.9. The zero-order valence-electron chi connectivity index (χ0n) is 28.3. The number of carbonyl (C=O) groups is 1. The van der Waals surface area contributed by atoms with Gasteiger partial charge in [-0.05, 0) is 46.5 Å². The Kier molecular flexibility index (Phi) is 11.8. The van der Waals surface area contributed by atoms with Gasteiger partial charge in [0, 0.05) is 56.5 Å². The van der Waals surface area contributed by atoms with Crippen LogP contribution in [0.3, 0.4) is 0 Å². The molecule has 3 N–H and O–H groups in total. The topological polar surface area (TPSA) is 135 Å². The number of sulfone groups is 1. The summed E-state index contributed by atoms with van der Waals surface area (Å²) in [7, 11) is -2.94. The van der Waals surface area contributed by atoms with Crippen LogP contribution in [0.15, 0.2) is 5.16 Å². The number of thioether (sulfide) groups is 1. The second-order valence-corrected chi connectivity index (χ2v) is 18.1. The molecule has 49 heavy (non-hydrogen) atoms. The van der Waals surface area contributed by atoms with Crippen LogP contribution in [-0.4, -0.2) is 109 Å². The maximum absolute atomic E-state index is 15.9. The molecule has 0 radical (unpaired) electrons. The third-order valence-electron chi connectivity index (χ3n) is 10.2. The van der Waals surface area contributed by atoms with Crippen molar-refractivity contribution in [2.24, 2.45) is 5.92 Å². The molecular weight excluding hydrogens is 696 g/mol. The molecule has 9 atom stereocenters. The second kappa shape index (κ2) is 15.2. The Balaban J connectivity index is 1.35. The molecule has 1 aromatic heterocycles. The first-order valence-corrected chi connectivity index (χ1v) is 19.2. The molecule has 0 aromatic carbocycles. The van der Waals surface area contributed by atoms with E-state index in [4.69, 9.17) is 14.5 Å². The van der Waals surface area contributed by atoms with E-state index in [0.29, 0.717) is 43.3 Å². The van der Waals surface area contributed by atoms with Crippen LogP contribution < -0.4 is 25.8 Å². The van der Waals surface area contributed by atoms with Crippen molar-refractivity contribution in [3.05, 3.63) is 0 Å². The van der Waals surface area contributed by atoms with Crippen LogP contribution in [0.5, 0.6) is 5.75 Å². The van der Waals surface area contributed by atoms with Gasteiger partial charge in [0.15, 0.2) is 26.6 Å². The number of hydrazine groups is 1. The third-order valence-corrected chi connectivity index (χ3v) is 14.5. The Bertz CT molecular complexity index is 1430. The van der Waals surface area contributed by atoms with Crippen LogP contribution in [0, 0.1) is 5.92 Å². The number of rotatable bonds is 10. The van der Waals surface area contributed by atoms with Gasteiger partial charge in [-0.15, -0.1) is 0 Å². The van der Waals surface area contributed by atoms with Gasteiger partial charge in [-0.3, -0.25) is 10.2 Å². The molecule has 0 bridgehead atoms. The Morgan fingerprint density at radius 1 is 0.959 bits per heavy atom. The number of ether oxygens (including phenoxy) is 2. The van der Waals surface area contributed by atoms with Gasteiger partial charge in [-0.2, -0.15) is 0 Å². The quantitative estimate of drug-likeness (QED) is 0.176. The zero-order chi connectivity index (χ0) is 35.8. The summed E-state index contributed by atoms with van der Waals surface area (Å²) in [6.07, 6.45) is -11.3. The van der Waals surface area contributed by atoms with Crippen LogP contribution in [-0.2, 0) is 19.4 Å². The number of aromatic nitrogens is 2. The number of nitrogens with zero attached hydrogens (tertiary/aromatic N) is 3. The van der Waals surface area contributed by atoms with Crippen molar-refractivity contribution in [3.63, 3.8) is 0 Å². The molecule has 2 saturated carbocycles.